The van der Waals surface area contributed by atoms with Crippen LogP contribution in [-0.2, 0) is 75.0 Å². The van der Waals surface area contributed by atoms with Gasteiger partial charge in [-0.2, -0.15) is 0 Å². The molecule has 23 heteroatoms. The van der Waals surface area contributed by atoms with Gasteiger partial charge in [-0.15, -0.1) is 0 Å². The molecule has 6 heterocycles. The summed E-state index contributed by atoms with van der Waals surface area (Å²) >= 11 is 0. The number of hydrogen-bond acceptors (Lipinski definition) is 20. The lowest BCUT2D eigenvalue weighted by Gasteiger charge is -2.43. The summed E-state index contributed by atoms with van der Waals surface area (Å²) in [6.07, 6.45) is -11.3. The van der Waals surface area contributed by atoms with Gasteiger partial charge in [0, 0.05) is 71.4 Å². The van der Waals surface area contributed by atoms with E-state index in [4.69, 9.17) is 37.9 Å². The summed E-state index contributed by atoms with van der Waals surface area (Å²) in [5, 5.41) is 39.1. The Balaban J connectivity index is 0.000000188. The molecule has 8 aliphatic rings. The van der Waals surface area contributed by atoms with Crippen molar-refractivity contribution in [3.63, 3.8) is 0 Å². The number of carboxylic acids is 1. The Morgan fingerprint density at radius 3 is 1.51 bits per heavy atom. The molecule has 2 aliphatic carbocycles. The molecule has 10 rings (SSSR count). The van der Waals surface area contributed by atoms with Crippen molar-refractivity contribution >= 4 is 53.4 Å². The zero-order chi connectivity index (χ0) is 52.7. The molecule has 0 radical (unpaired) electrons. The van der Waals surface area contributed by atoms with Crippen LogP contribution in [0.3, 0.4) is 0 Å². The minimum Gasteiger partial charge on any atom is -0.479 e. The lowest BCUT2D eigenvalue weighted by Crippen LogP contribution is -2.64. The van der Waals surface area contributed by atoms with Gasteiger partial charge in [-0.1, -0.05) is 49.2 Å². The molecule has 2 saturated heterocycles. The van der Waals surface area contributed by atoms with Crippen molar-refractivity contribution in [2.24, 2.45) is 11.8 Å². The number of aliphatic carboxylic acids is 1. The largest absolute Gasteiger partial charge is 0.479 e. The molecule has 23 nitrogen and oxygen atoms in total. The van der Waals surface area contributed by atoms with Gasteiger partial charge < -0.3 is 77.9 Å². The van der Waals surface area contributed by atoms with Gasteiger partial charge in [0.25, 0.3) is 0 Å². The molecule has 2 aromatic carbocycles. The molecule has 402 valence electrons. The number of aliphatic hydroxyl groups excluding tert-OH is 3. The van der Waals surface area contributed by atoms with Crippen LogP contribution in [0.1, 0.15) is 93.4 Å². The fourth-order valence-corrected chi connectivity index (χ4v) is 12.4. The number of hydrogen-bond donors (Lipinski definition) is 4. The lowest BCUT2D eigenvalue weighted by molar-refractivity contribution is -0.289. The predicted molar refractivity (Wildman–Crippen MR) is 253 cm³/mol. The Kier molecular flexibility index (Phi) is 15.6. The minimum atomic E-state index is -1.84. The zero-order valence-corrected chi connectivity index (χ0v) is 41.6. The van der Waals surface area contributed by atoms with Crippen molar-refractivity contribution in [1.29, 1.82) is 0 Å². The van der Waals surface area contributed by atoms with Crippen molar-refractivity contribution in [3.05, 3.63) is 58.7 Å². The van der Waals surface area contributed by atoms with Crippen molar-refractivity contribution in [2.45, 2.75) is 146 Å². The summed E-state index contributed by atoms with van der Waals surface area (Å²) in [6, 6.07) is 12.4. The highest BCUT2D eigenvalue weighted by Gasteiger charge is 2.57. The lowest BCUT2D eigenvalue weighted by atomic mass is 9.82. The van der Waals surface area contributed by atoms with E-state index in [0.717, 1.165) is 58.5 Å². The second kappa shape index (κ2) is 21.9. The van der Waals surface area contributed by atoms with E-state index < -0.39 is 103 Å². The van der Waals surface area contributed by atoms with Crippen LogP contribution in [0.5, 0.6) is 0 Å². The Bertz CT molecular complexity index is 2490. The standard InChI is InChI=1S/C29H36N2O11.C22H28N2O8/c1-15(32)38-23-24(39-16(2)33)26(40-17(3)34)28(41-25(23)27(35)37-4)42-29(36)31-12-11-30-13-18-7-5-9-20(18)21-10-6-8-19(14-31)22(21)30;25-16-17(26)19(20(28)29)31-21(18(16)27)32-22(30)24-8-7-23-9-11-3-1-5-13(11)14-6-2-4-12(10-24)15(14)23/h6,8,10,18,20,23-26,28H,5,7,9,11-14H2,1-4H3;2,4,6,11,13,16-19,21,25-27H,1,3,5,7-10H2,(H,28,29)/t18-,20-,23?,24?,25?,26?,28?;11-,13-,16?,17?,18?,19?,21?/m00/s1. The van der Waals surface area contributed by atoms with E-state index in [-0.39, 0.29) is 6.54 Å². The van der Waals surface area contributed by atoms with E-state index >= 15 is 0 Å². The molecule has 0 aromatic heterocycles. The quantitative estimate of drug-likeness (QED) is 0.229. The number of para-hydroxylation sites is 2. The van der Waals surface area contributed by atoms with Crippen molar-refractivity contribution in [2.75, 3.05) is 56.2 Å². The number of ether oxygens (including phenoxy) is 8. The second-order valence-corrected chi connectivity index (χ2v) is 20.2. The summed E-state index contributed by atoms with van der Waals surface area (Å²) in [5.41, 5.74) is 7.05. The average Bonchev–Trinajstić information content (AvgIpc) is 3.97. The van der Waals surface area contributed by atoms with Crippen LogP contribution in [0, 0.1) is 11.8 Å². The highest BCUT2D eigenvalue weighted by Crippen LogP contribution is 2.51. The highest BCUT2D eigenvalue weighted by atomic mass is 16.8. The molecule has 74 heavy (non-hydrogen) atoms. The molecule has 10 unspecified atom stereocenters. The Labute approximate surface area is 426 Å². The molecule has 2 saturated carbocycles. The van der Waals surface area contributed by atoms with Gasteiger partial charge in [-0.25, -0.2) is 19.2 Å². The smallest absolute Gasteiger partial charge is 0.412 e. The fourth-order valence-electron chi connectivity index (χ4n) is 12.4. The van der Waals surface area contributed by atoms with Crippen LogP contribution in [0.4, 0.5) is 21.0 Å². The molecule has 14 atom stereocenters. The van der Waals surface area contributed by atoms with E-state index in [9.17, 15) is 54.0 Å². The van der Waals surface area contributed by atoms with Crippen molar-refractivity contribution < 1.29 is 91.9 Å². The maximum atomic E-state index is 13.6. The number of fused-ring (bicyclic) bond motifs is 4. The van der Waals surface area contributed by atoms with Crippen LogP contribution in [0.25, 0.3) is 0 Å². The first kappa shape index (κ1) is 52.6. The Morgan fingerprint density at radius 1 is 0.554 bits per heavy atom. The average molecular weight is 1040 g/mol. The van der Waals surface area contributed by atoms with Gasteiger partial charge in [0.1, 0.15) is 18.3 Å². The number of benzene rings is 2. The normalized spacial score (nSPS) is 32.5. The van der Waals surface area contributed by atoms with Gasteiger partial charge in [-0.3, -0.25) is 14.4 Å². The molecule has 4 fully saturated rings. The Hall–Kier alpha value is -6.27. The molecule has 6 aliphatic heterocycles. The number of rotatable bonds is 7. The number of nitrogens with zero attached hydrogens (tertiary/aromatic N) is 4. The molecule has 0 spiro atoms. The topological polar surface area (TPSA) is 287 Å². The number of amides is 2. The number of aliphatic hydroxyl groups is 3. The number of carboxylic acid groups (broad SMARTS) is 1. The van der Waals surface area contributed by atoms with Crippen LogP contribution < -0.4 is 9.80 Å². The third-order valence-corrected chi connectivity index (χ3v) is 15.6. The monoisotopic (exact) mass is 1040 g/mol. The number of anilines is 2. The maximum absolute atomic E-state index is 13.6. The van der Waals surface area contributed by atoms with Gasteiger partial charge in [0.15, 0.2) is 24.4 Å². The van der Waals surface area contributed by atoms with Crippen LogP contribution in [0.2, 0.25) is 0 Å². The van der Waals surface area contributed by atoms with E-state index in [1.165, 1.54) is 64.4 Å². The number of carbonyl (C=O) groups excluding carboxylic acids is 6. The molecule has 4 N–H and O–H groups in total. The van der Waals surface area contributed by atoms with Crippen molar-refractivity contribution in [1.82, 2.24) is 9.80 Å². The fraction of sp³-hybridized carbons (Fsp3) is 0.627. The van der Waals surface area contributed by atoms with Crippen LogP contribution in [0.15, 0.2) is 36.4 Å². The van der Waals surface area contributed by atoms with Crippen LogP contribution >= 0.6 is 0 Å². The second-order valence-electron chi connectivity index (χ2n) is 20.2. The summed E-state index contributed by atoms with van der Waals surface area (Å²) < 4.78 is 42.6. The van der Waals surface area contributed by atoms with Gasteiger partial charge >= 0.3 is 42.0 Å². The van der Waals surface area contributed by atoms with E-state index in [2.05, 4.69) is 21.9 Å². The molecule has 0 bridgehead atoms. The van der Waals surface area contributed by atoms with E-state index in [1.54, 1.807) is 0 Å². The third-order valence-electron chi connectivity index (χ3n) is 15.6. The summed E-state index contributed by atoms with van der Waals surface area (Å²) in [7, 11) is 1.09. The van der Waals surface area contributed by atoms with Crippen LogP contribution in [-0.4, -0.2) is 180 Å². The third kappa shape index (κ3) is 10.5. The first-order valence-electron chi connectivity index (χ1n) is 25.2. The summed E-state index contributed by atoms with van der Waals surface area (Å²) in [4.78, 5) is 94.2. The molecule has 2 amide bonds. The van der Waals surface area contributed by atoms with Gasteiger partial charge in [-0.05, 0) is 71.6 Å². The first-order chi connectivity index (χ1) is 35.4. The van der Waals surface area contributed by atoms with Gasteiger partial charge in [0.05, 0.1) is 20.2 Å². The SMILES string of the molecule is COC(=O)C1OC(OC(=O)N2CCN3C[C@@H]4CCC[C@@H]4c4cccc(c43)C2)C(OC(C)=O)C(OC(C)=O)C1OC(C)=O.O=C(O)C1OC(OC(=O)N2CCN3C[C@@H]4CCC[C@@H]4c4cccc(c43)C2)C(O)C(O)C1O. The first-order valence-corrected chi connectivity index (χ1v) is 25.2. The molecule has 2 aromatic rings. The predicted octanol–water partition coefficient (Wildman–Crippen LogP) is 2.27. The maximum Gasteiger partial charge on any atom is 0.412 e. The number of methoxy groups -OCH3 is 1. The number of esters is 4. The van der Waals surface area contributed by atoms with Gasteiger partial charge in [0.2, 0.25) is 18.7 Å². The summed E-state index contributed by atoms with van der Waals surface area (Å²) in [5.74, 6) is -2.65. The van der Waals surface area contributed by atoms with Crippen molar-refractivity contribution in [3.8, 4) is 0 Å². The molecular formula is C51H64N4O19. The van der Waals surface area contributed by atoms with E-state index in [1.807, 2.05) is 24.3 Å². The Morgan fingerprint density at radius 2 is 1.03 bits per heavy atom. The molecular weight excluding hydrogens is 973 g/mol. The minimum absolute atomic E-state index is 0.269. The van der Waals surface area contributed by atoms with E-state index in [0.29, 0.717) is 56.4 Å². The summed E-state index contributed by atoms with van der Waals surface area (Å²) in [6.45, 7) is 7.72. The zero-order valence-electron chi connectivity index (χ0n) is 41.6. The number of carbonyl (C=O) groups is 7. The highest BCUT2D eigenvalue weighted by molar-refractivity contribution is 5.78.